The number of anilines is 1. The molecule has 26 heavy (non-hydrogen) atoms. The van der Waals surface area contributed by atoms with Crippen molar-refractivity contribution in [3.8, 4) is 0 Å². The van der Waals surface area contributed by atoms with E-state index in [1.165, 1.54) is 12.8 Å². The Kier molecular flexibility index (Phi) is 4.65. The molecule has 4 heterocycles. The molecule has 3 aliphatic heterocycles. The first-order valence-corrected chi connectivity index (χ1v) is 9.49. The van der Waals surface area contributed by atoms with Gasteiger partial charge < -0.3 is 20.0 Å². The Morgan fingerprint density at radius 1 is 1.15 bits per heavy atom. The lowest BCUT2D eigenvalue weighted by atomic mass is 9.93. The second kappa shape index (κ2) is 7.09. The summed E-state index contributed by atoms with van der Waals surface area (Å²) in [5.74, 6) is 1.42. The van der Waals surface area contributed by atoms with E-state index in [-0.39, 0.29) is 11.9 Å². The molecule has 0 aliphatic carbocycles. The summed E-state index contributed by atoms with van der Waals surface area (Å²) in [7, 11) is 1.71. The van der Waals surface area contributed by atoms with Crippen molar-refractivity contribution in [2.24, 2.45) is 0 Å². The Morgan fingerprint density at radius 2 is 1.88 bits per heavy atom. The maximum Gasteiger partial charge on any atom is 0.317 e. The van der Waals surface area contributed by atoms with Gasteiger partial charge in [-0.15, -0.1) is 0 Å². The van der Waals surface area contributed by atoms with Crippen molar-refractivity contribution in [3.63, 3.8) is 0 Å². The Balaban J connectivity index is 1.35. The van der Waals surface area contributed by atoms with Crippen LogP contribution in [0.2, 0.25) is 0 Å². The maximum atomic E-state index is 12.6. The first-order chi connectivity index (χ1) is 12.6. The molecular weight excluding hydrogens is 332 g/mol. The number of likely N-dealkylation sites (N-methyl/N-ethyl adjacent to an activating group) is 1. The second-order valence-corrected chi connectivity index (χ2v) is 7.48. The molecule has 0 radical (unpaired) electrons. The standard InChI is InChI=1S/C18H26N6O2/c1-22-11-15(21-18(22)26)17(25)24-8-4-13(5-9-24)14-10-16(20-12-19-14)23-6-2-3-7-23/h10,12-13,15H,2-9,11H2,1H3,(H,21,26). The van der Waals surface area contributed by atoms with Crippen LogP contribution in [0, 0.1) is 0 Å². The number of aromatic nitrogens is 2. The summed E-state index contributed by atoms with van der Waals surface area (Å²) < 4.78 is 0. The molecule has 1 atom stereocenters. The fourth-order valence-electron chi connectivity index (χ4n) is 4.12. The van der Waals surface area contributed by atoms with Gasteiger partial charge in [0.1, 0.15) is 18.2 Å². The highest BCUT2D eigenvalue weighted by Crippen LogP contribution is 2.29. The predicted molar refractivity (Wildman–Crippen MR) is 97.0 cm³/mol. The fraction of sp³-hybridized carbons (Fsp3) is 0.667. The van der Waals surface area contributed by atoms with Crippen molar-refractivity contribution in [2.75, 3.05) is 44.7 Å². The van der Waals surface area contributed by atoms with E-state index in [4.69, 9.17) is 0 Å². The summed E-state index contributed by atoms with van der Waals surface area (Å²) in [6, 6.07) is 1.54. The SMILES string of the molecule is CN1CC(C(=O)N2CCC(c3cc(N4CCCC4)ncn3)CC2)NC1=O. The lowest BCUT2D eigenvalue weighted by Crippen LogP contribution is -2.48. The normalized spacial score (nSPS) is 24.3. The van der Waals surface area contributed by atoms with E-state index in [0.29, 0.717) is 25.6 Å². The van der Waals surface area contributed by atoms with Gasteiger partial charge in [0.05, 0.1) is 6.54 Å². The number of piperidine rings is 1. The van der Waals surface area contributed by atoms with E-state index < -0.39 is 6.04 Å². The van der Waals surface area contributed by atoms with Crippen LogP contribution in [0.5, 0.6) is 0 Å². The van der Waals surface area contributed by atoms with Crippen molar-refractivity contribution in [1.82, 2.24) is 25.1 Å². The van der Waals surface area contributed by atoms with E-state index in [1.54, 1.807) is 18.3 Å². The lowest BCUT2D eigenvalue weighted by Gasteiger charge is -2.33. The largest absolute Gasteiger partial charge is 0.357 e. The van der Waals surface area contributed by atoms with Gasteiger partial charge in [-0.2, -0.15) is 0 Å². The van der Waals surface area contributed by atoms with E-state index in [2.05, 4.69) is 26.3 Å². The number of amides is 3. The number of carbonyl (C=O) groups is 2. The minimum atomic E-state index is -0.412. The Bertz CT molecular complexity index is 682. The summed E-state index contributed by atoms with van der Waals surface area (Å²) in [5.41, 5.74) is 1.09. The van der Waals surface area contributed by atoms with Crippen molar-refractivity contribution in [2.45, 2.75) is 37.6 Å². The number of nitrogens with one attached hydrogen (secondary N) is 1. The maximum absolute atomic E-state index is 12.6. The smallest absolute Gasteiger partial charge is 0.317 e. The molecule has 4 rings (SSSR count). The zero-order chi connectivity index (χ0) is 18.1. The predicted octanol–water partition coefficient (Wildman–Crippen LogP) is 0.806. The van der Waals surface area contributed by atoms with E-state index >= 15 is 0 Å². The van der Waals surface area contributed by atoms with Gasteiger partial charge in [0.25, 0.3) is 0 Å². The molecule has 140 valence electrons. The molecule has 3 fully saturated rings. The van der Waals surface area contributed by atoms with Crippen LogP contribution in [0.1, 0.15) is 37.3 Å². The van der Waals surface area contributed by atoms with Crippen molar-refractivity contribution >= 4 is 17.8 Å². The number of rotatable bonds is 3. The van der Waals surface area contributed by atoms with Crippen LogP contribution in [-0.2, 0) is 4.79 Å². The molecule has 1 aromatic heterocycles. The Morgan fingerprint density at radius 3 is 2.54 bits per heavy atom. The molecule has 0 spiro atoms. The van der Waals surface area contributed by atoms with Gasteiger partial charge in [-0.05, 0) is 25.7 Å². The van der Waals surface area contributed by atoms with E-state index in [9.17, 15) is 9.59 Å². The van der Waals surface area contributed by atoms with E-state index in [1.807, 2.05) is 4.90 Å². The molecule has 1 aromatic rings. The van der Waals surface area contributed by atoms with Gasteiger partial charge in [0.15, 0.2) is 0 Å². The highest BCUT2D eigenvalue weighted by Gasteiger charge is 2.35. The zero-order valence-corrected chi connectivity index (χ0v) is 15.2. The molecule has 0 saturated carbocycles. The number of hydrogen-bond acceptors (Lipinski definition) is 5. The summed E-state index contributed by atoms with van der Waals surface area (Å²) in [6.07, 6.45) is 5.93. The minimum Gasteiger partial charge on any atom is -0.357 e. The van der Waals surface area contributed by atoms with Crippen molar-refractivity contribution in [3.05, 3.63) is 18.1 Å². The first kappa shape index (κ1) is 17.1. The van der Waals surface area contributed by atoms with Crippen LogP contribution in [-0.4, -0.2) is 77.5 Å². The van der Waals surface area contributed by atoms with Gasteiger partial charge in [-0.3, -0.25) is 4.79 Å². The summed E-state index contributed by atoms with van der Waals surface area (Å²) in [4.78, 5) is 38.9. The average molecular weight is 358 g/mol. The number of nitrogens with zero attached hydrogens (tertiary/aromatic N) is 5. The minimum absolute atomic E-state index is 0.0293. The van der Waals surface area contributed by atoms with Crippen LogP contribution >= 0.6 is 0 Å². The highest BCUT2D eigenvalue weighted by atomic mass is 16.2. The van der Waals surface area contributed by atoms with E-state index in [0.717, 1.165) is 37.4 Å². The van der Waals surface area contributed by atoms with Gasteiger partial charge in [0.2, 0.25) is 5.91 Å². The van der Waals surface area contributed by atoms with Gasteiger partial charge >= 0.3 is 6.03 Å². The molecule has 0 aromatic carbocycles. The van der Waals surface area contributed by atoms with Gasteiger partial charge in [0, 0.05) is 50.9 Å². The van der Waals surface area contributed by atoms with Crippen LogP contribution in [0.4, 0.5) is 10.6 Å². The van der Waals surface area contributed by atoms with Crippen LogP contribution in [0.25, 0.3) is 0 Å². The monoisotopic (exact) mass is 358 g/mol. The average Bonchev–Trinajstić information content (AvgIpc) is 3.32. The van der Waals surface area contributed by atoms with Crippen molar-refractivity contribution < 1.29 is 9.59 Å². The zero-order valence-electron chi connectivity index (χ0n) is 15.2. The number of urea groups is 1. The number of carbonyl (C=O) groups excluding carboxylic acids is 2. The summed E-state index contributed by atoms with van der Waals surface area (Å²) in [5, 5.41) is 2.75. The Hall–Kier alpha value is -2.38. The van der Waals surface area contributed by atoms with Crippen LogP contribution < -0.4 is 10.2 Å². The molecule has 8 nitrogen and oxygen atoms in total. The number of hydrogen-bond donors (Lipinski definition) is 1. The Labute approximate surface area is 153 Å². The molecule has 3 amide bonds. The van der Waals surface area contributed by atoms with Crippen LogP contribution in [0.3, 0.4) is 0 Å². The van der Waals surface area contributed by atoms with Gasteiger partial charge in [-0.25, -0.2) is 14.8 Å². The summed E-state index contributed by atoms with van der Waals surface area (Å²) in [6.45, 7) is 4.02. The van der Waals surface area contributed by atoms with Crippen LogP contribution in [0.15, 0.2) is 12.4 Å². The third-order valence-corrected chi connectivity index (χ3v) is 5.73. The third kappa shape index (κ3) is 3.32. The number of likely N-dealkylation sites (tertiary alicyclic amines) is 1. The molecule has 8 heteroatoms. The second-order valence-electron chi connectivity index (χ2n) is 7.48. The molecule has 1 unspecified atom stereocenters. The molecule has 3 saturated heterocycles. The first-order valence-electron chi connectivity index (χ1n) is 9.49. The highest BCUT2D eigenvalue weighted by molar-refractivity contribution is 5.90. The fourth-order valence-corrected chi connectivity index (χ4v) is 4.12. The lowest BCUT2D eigenvalue weighted by molar-refractivity contribution is -0.133. The molecular formula is C18H26N6O2. The molecule has 1 N–H and O–H groups in total. The topological polar surface area (TPSA) is 81.7 Å². The summed E-state index contributed by atoms with van der Waals surface area (Å²) >= 11 is 0. The molecule has 3 aliphatic rings. The quantitative estimate of drug-likeness (QED) is 0.865. The van der Waals surface area contributed by atoms with Gasteiger partial charge in [-0.1, -0.05) is 0 Å². The molecule has 0 bridgehead atoms. The van der Waals surface area contributed by atoms with Crippen molar-refractivity contribution in [1.29, 1.82) is 0 Å². The third-order valence-electron chi connectivity index (χ3n) is 5.73.